The summed E-state index contributed by atoms with van der Waals surface area (Å²) in [6.45, 7) is 3.08. The smallest absolute Gasteiger partial charge is 0.107 e. The van der Waals surface area contributed by atoms with Crippen LogP contribution in [0.1, 0.15) is 30.8 Å². The van der Waals surface area contributed by atoms with E-state index in [1.54, 1.807) is 6.20 Å². The summed E-state index contributed by atoms with van der Waals surface area (Å²) in [5, 5.41) is 3.48. The molecule has 6 heteroatoms. The normalized spacial score (nSPS) is 12.8. The van der Waals surface area contributed by atoms with E-state index in [-0.39, 0.29) is 6.04 Å². The molecule has 0 amide bonds. The van der Waals surface area contributed by atoms with E-state index >= 15 is 0 Å². The van der Waals surface area contributed by atoms with Crippen molar-refractivity contribution in [1.82, 2.24) is 15.3 Å². The van der Waals surface area contributed by atoms with Gasteiger partial charge in [-0.1, -0.05) is 30.1 Å². The van der Waals surface area contributed by atoms with Crippen LogP contribution < -0.4 is 5.32 Å². The average molecular weight is 304 g/mol. The van der Waals surface area contributed by atoms with Gasteiger partial charge in [0.1, 0.15) is 5.82 Å². The molecule has 0 aliphatic heterocycles. The van der Waals surface area contributed by atoms with Gasteiger partial charge in [-0.3, -0.25) is 0 Å². The second kappa shape index (κ2) is 6.57. The van der Waals surface area contributed by atoms with Crippen molar-refractivity contribution in [2.24, 2.45) is 0 Å². The molecule has 0 aromatic carbocycles. The zero-order valence-corrected chi connectivity index (χ0v) is 12.4. The van der Waals surface area contributed by atoms with Crippen molar-refractivity contribution in [2.45, 2.75) is 25.8 Å². The number of aromatic nitrogens is 2. The minimum absolute atomic E-state index is 0.146. The van der Waals surface area contributed by atoms with Crippen LogP contribution in [0.5, 0.6) is 0 Å². The summed E-state index contributed by atoms with van der Waals surface area (Å²) in [5.41, 5.74) is 1.05. The number of nitrogens with zero attached hydrogens (tertiary/aromatic N) is 1. The van der Waals surface area contributed by atoms with Gasteiger partial charge >= 0.3 is 0 Å². The highest BCUT2D eigenvalue weighted by molar-refractivity contribution is 7.20. The number of nitrogens with one attached hydrogen (secondary N) is 2. The van der Waals surface area contributed by atoms with Crippen LogP contribution in [0.25, 0.3) is 0 Å². The van der Waals surface area contributed by atoms with Gasteiger partial charge in [0.05, 0.1) is 8.67 Å². The number of thiophene rings is 1. The van der Waals surface area contributed by atoms with E-state index in [1.165, 1.54) is 11.3 Å². The van der Waals surface area contributed by atoms with Crippen LogP contribution in [0.3, 0.4) is 0 Å². The summed E-state index contributed by atoms with van der Waals surface area (Å²) in [6, 6.07) is 2.08. The lowest BCUT2D eigenvalue weighted by molar-refractivity contribution is 0.521. The lowest BCUT2D eigenvalue weighted by atomic mass is 10.1. The van der Waals surface area contributed by atoms with E-state index in [0.29, 0.717) is 0 Å². The topological polar surface area (TPSA) is 40.7 Å². The van der Waals surface area contributed by atoms with Crippen molar-refractivity contribution in [3.05, 3.63) is 38.5 Å². The van der Waals surface area contributed by atoms with Crippen molar-refractivity contribution in [3.63, 3.8) is 0 Å². The highest BCUT2D eigenvalue weighted by Gasteiger charge is 2.18. The first-order valence-electron chi connectivity index (χ1n) is 5.87. The number of imidazole rings is 1. The molecule has 1 atom stereocenters. The zero-order chi connectivity index (χ0) is 13.0. The van der Waals surface area contributed by atoms with Crippen LogP contribution in [0.4, 0.5) is 0 Å². The van der Waals surface area contributed by atoms with Crippen LogP contribution in [0.15, 0.2) is 18.5 Å². The molecule has 2 rings (SSSR count). The van der Waals surface area contributed by atoms with Crippen LogP contribution >= 0.6 is 34.5 Å². The number of hydrogen-bond acceptors (Lipinski definition) is 3. The van der Waals surface area contributed by atoms with Gasteiger partial charge in [0.25, 0.3) is 0 Å². The van der Waals surface area contributed by atoms with Gasteiger partial charge in [-0.05, 0) is 19.0 Å². The van der Waals surface area contributed by atoms with Crippen molar-refractivity contribution in [1.29, 1.82) is 0 Å². The van der Waals surface area contributed by atoms with Gasteiger partial charge in [-0.2, -0.15) is 0 Å². The third kappa shape index (κ3) is 3.48. The molecule has 2 heterocycles. The lowest BCUT2D eigenvalue weighted by Gasteiger charge is -2.17. The van der Waals surface area contributed by atoms with E-state index in [9.17, 15) is 0 Å². The summed E-state index contributed by atoms with van der Waals surface area (Å²) >= 11 is 13.6. The molecule has 0 saturated heterocycles. The minimum atomic E-state index is 0.146. The Balaban J connectivity index is 2.16. The molecule has 2 aromatic rings. The van der Waals surface area contributed by atoms with E-state index < -0.39 is 0 Å². The first kappa shape index (κ1) is 13.9. The predicted octanol–water partition coefficient (Wildman–Crippen LogP) is 4.06. The molecular formula is C12H15Cl2N3S. The average Bonchev–Trinajstić information content (AvgIpc) is 2.94. The number of H-pyrrole nitrogens is 1. The Morgan fingerprint density at radius 1 is 1.50 bits per heavy atom. The summed E-state index contributed by atoms with van der Waals surface area (Å²) < 4.78 is 1.47. The van der Waals surface area contributed by atoms with Crippen molar-refractivity contribution in [2.75, 3.05) is 6.54 Å². The lowest BCUT2D eigenvalue weighted by Crippen LogP contribution is -2.24. The monoisotopic (exact) mass is 303 g/mol. The van der Waals surface area contributed by atoms with Gasteiger partial charge in [0.2, 0.25) is 0 Å². The molecule has 0 spiro atoms. The Bertz CT molecular complexity index is 481. The van der Waals surface area contributed by atoms with Gasteiger partial charge in [0.15, 0.2) is 0 Å². The summed E-state index contributed by atoms with van der Waals surface area (Å²) in [7, 11) is 0. The zero-order valence-electron chi connectivity index (χ0n) is 10.0. The maximum Gasteiger partial charge on any atom is 0.107 e. The quantitative estimate of drug-likeness (QED) is 0.845. The number of halogens is 2. The van der Waals surface area contributed by atoms with Crippen molar-refractivity contribution >= 4 is 34.5 Å². The fourth-order valence-corrected chi connectivity index (χ4v) is 3.38. The summed E-state index contributed by atoms with van der Waals surface area (Å²) in [4.78, 5) is 7.37. The molecule has 3 nitrogen and oxygen atoms in total. The molecule has 0 saturated carbocycles. The van der Waals surface area contributed by atoms with E-state index in [0.717, 1.165) is 39.4 Å². The highest BCUT2D eigenvalue weighted by Crippen LogP contribution is 2.35. The van der Waals surface area contributed by atoms with E-state index in [4.69, 9.17) is 23.2 Å². The highest BCUT2D eigenvalue weighted by atomic mass is 35.5. The summed E-state index contributed by atoms with van der Waals surface area (Å²) in [5.74, 6) is 0.946. The molecule has 2 N–H and O–H groups in total. The van der Waals surface area contributed by atoms with Crippen LogP contribution in [-0.2, 0) is 6.42 Å². The second-order valence-electron chi connectivity index (χ2n) is 4.03. The Hall–Kier alpha value is -0.550. The fourth-order valence-electron chi connectivity index (χ4n) is 1.80. The standard InChI is InChI=1S/C12H15Cl2N3S/c1-2-3-15-9(7-11-16-4-5-17-11)8-6-10(13)18-12(8)14/h4-6,9,15H,2-3,7H2,1H3,(H,16,17). The number of hydrogen-bond donors (Lipinski definition) is 2. The Morgan fingerprint density at radius 2 is 2.33 bits per heavy atom. The van der Waals surface area contributed by atoms with Gasteiger partial charge < -0.3 is 10.3 Å². The maximum atomic E-state index is 6.22. The van der Waals surface area contributed by atoms with Crippen molar-refractivity contribution < 1.29 is 0 Å². The SMILES string of the molecule is CCCNC(Cc1ncc[nH]1)c1cc(Cl)sc1Cl. The molecule has 0 radical (unpaired) electrons. The Labute approximate surface area is 121 Å². The molecule has 0 aliphatic carbocycles. The predicted molar refractivity (Wildman–Crippen MR) is 77.7 cm³/mol. The number of aromatic amines is 1. The van der Waals surface area contributed by atoms with Gasteiger partial charge in [0, 0.05) is 30.4 Å². The van der Waals surface area contributed by atoms with Crippen LogP contribution in [0, 0.1) is 0 Å². The first-order chi connectivity index (χ1) is 8.70. The molecule has 18 heavy (non-hydrogen) atoms. The van der Waals surface area contributed by atoms with Crippen LogP contribution in [-0.4, -0.2) is 16.5 Å². The fraction of sp³-hybridized carbons (Fsp3) is 0.417. The van der Waals surface area contributed by atoms with Crippen molar-refractivity contribution in [3.8, 4) is 0 Å². The van der Waals surface area contributed by atoms with E-state index in [1.807, 2.05) is 12.3 Å². The second-order valence-corrected chi connectivity index (χ2v) is 6.31. The van der Waals surface area contributed by atoms with Crippen LogP contribution in [0.2, 0.25) is 8.67 Å². The maximum absolute atomic E-state index is 6.22. The Kier molecular flexibility index (Phi) is 5.06. The van der Waals surface area contributed by atoms with Gasteiger partial charge in [-0.15, -0.1) is 11.3 Å². The first-order valence-corrected chi connectivity index (χ1v) is 7.44. The largest absolute Gasteiger partial charge is 0.349 e. The molecule has 0 aliphatic rings. The third-order valence-corrected chi connectivity index (χ3v) is 4.17. The van der Waals surface area contributed by atoms with Gasteiger partial charge in [-0.25, -0.2) is 4.98 Å². The van der Waals surface area contributed by atoms with E-state index in [2.05, 4.69) is 22.2 Å². The third-order valence-electron chi connectivity index (χ3n) is 2.65. The Morgan fingerprint density at radius 3 is 2.89 bits per heavy atom. The molecule has 0 fully saturated rings. The summed E-state index contributed by atoms with van der Waals surface area (Å²) in [6.07, 6.45) is 5.44. The molecule has 1 unspecified atom stereocenters. The number of rotatable bonds is 6. The minimum Gasteiger partial charge on any atom is -0.349 e. The molecule has 0 bridgehead atoms. The molecular weight excluding hydrogens is 289 g/mol. The molecule has 98 valence electrons. The molecule has 2 aromatic heterocycles.